The maximum Gasteiger partial charge on any atom is 0.271 e. The number of nitrogens with two attached hydrogens (primary N) is 1. The molecular weight excluding hydrogens is 232 g/mol. The molecule has 1 amide bonds. The van der Waals surface area contributed by atoms with Gasteiger partial charge in [-0.2, -0.15) is 15.4 Å². The molecule has 6 heteroatoms. The number of nitrogens with one attached hydrogen (secondary N) is 1. The van der Waals surface area contributed by atoms with Crippen molar-refractivity contribution in [3.63, 3.8) is 0 Å². The first-order chi connectivity index (χ1) is 8.72. The molecule has 0 fully saturated rings. The number of nitrogens with zero attached hydrogens (tertiary/aromatic N) is 2. The highest BCUT2D eigenvalue weighted by Crippen LogP contribution is 2.22. The van der Waals surface area contributed by atoms with E-state index in [1.165, 1.54) is 0 Å². The number of carbonyl (C=O) groups is 1. The van der Waals surface area contributed by atoms with Crippen molar-refractivity contribution in [1.82, 2.24) is 15.4 Å². The maximum atomic E-state index is 11.1. The maximum absolute atomic E-state index is 11.1. The lowest BCUT2D eigenvalue weighted by Crippen LogP contribution is -2.12. The summed E-state index contributed by atoms with van der Waals surface area (Å²) in [6, 6.07) is 7.11. The molecule has 0 saturated heterocycles. The van der Waals surface area contributed by atoms with Crippen molar-refractivity contribution in [3.8, 4) is 17.0 Å². The number of primary amides is 1. The summed E-state index contributed by atoms with van der Waals surface area (Å²) < 4.78 is 5.35. The Morgan fingerprint density at radius 1 is 1.39 bits per heavy atom. The van der Waals surface area contributed by atoms with Crippen LogP contribution < -0.4 is 10.5 Å². The van der Waals surface area contributed by atoms with Crippen LogP contribution in [0.1, 0.15) is 10.5 Å². The van der Waals surface area contributed by atoms with Gasteiger partial charge in [0.25, 0.3) is 5.91 Å². The summed E-state index contributed by atoms with van der Waals surface area (Å²) in [6.07, 6.45) is 1.66. The standard InChI is InChI=1S/C12H12N4O2/c1-2-7-18-9-5-3-8(4-6-9)10-11(12(13)17)15-16-14-10/h2-6H,1,7H2,(H2,13,17)(H,14,15,16). The van der Waals surface area contributed by atoms with Crippen molar-refractivity contribution in [3.05, 3.63) is 42.6 Å². The number of hydrogen-bond acceptors (Lipinski definition) is 4. The number of aromatic nitrogens is 3. The molecule has 0 bridgehead atoms. The molecule has 0 atom stereocenters. The molecule has 6 nitrogen and oxygen atoms in total. The van der Waals surface area contributed by atoms with E-state index in [9.17, 15) is 4.79 Å². The van der Waals surface area contributed by atoms with Crippen LogP contribution in [0.3, 0.4) is 0 Å². The molecular formula is C12H12N4O2. The Kier molecular flexibility index (Phi) is 3.38. The molecule has 92 valence electrons. The van der Waals surface area contributed by atoms with Gasteiger partial charge in [0.1, 0.15) is 18.1 Å². The van der Waals surface area contributed by atoms with Crippen molar-refractivity contribution >= 4 is 5.91 Å². The molecule has 1 heterocycles. The molecule has 18 heavy (non-hydrogen) atoms. The zero-order chi connectivity index (χ0) is 13.0. The highest BCUT2D eigenvalue weighted by molar-refractivity contribution is 5.96. The molecule has 0 spiro atoms. The first-order valence-corrected chi connectivity index (χ1v) is 5.27. The Labute approximate surface area is 103 Å². The van der Waals surface area contributed by atoms with Gasteiger partial charge in [-0.15, -0.1) is 0 Å². The molecule has 0 unspecified atom stereocenters. The van der Waals surface area contributed by atoms with E-state index in [1.807, 2.05) is 0 Å². The minimum Gasteiger partial charge on any atom is -0.490 e. The van der Waals surface area contributed by atoms with Crippen LogP contribution in [0.2, 0.25) is 0 Å². The molecule has 0 aliphatic carbocycles. The summed E-state index contributed by atoms with van der Waals surface area (Å²) in [5.41, 5.74) is 6.48. The normalized spacial score (nSPS) is 10.0. The van der Waals surface area contributed by atoms with Crippen molar-refractivity contribution in [2.24, 2.45) is 5.73 Å². The third-order valence-electron chi connectivity index (χ3n) is 2.28. The molecule has 0 saturated carbocycles. The van der Waals surface area contributed by atoms with Crippen molar-refractivity contribution in [2.45, 2.75) is 0 Å². The quantitative estimate of drug-likeness (QED) is 0.771. The lowest BCUT2D eigenvalue weighted by molar-refractivity contribution is 0.0996. The van der Waals surface area contributed by atoms with Crippen molar-refractivity contribution in [2.75, 3.05) is 6.61 Å². The molecule has 3 N–H and O–H groups in total. The highest BCUT2D eigenvalue weighted by Gasteiger charge is 2.14. The Morgan fingerprint density at radius 3 is 2.72 bits per heavy atom. The van der Waals surface area contributed by atoms with Crippen molar-refractivity contribution in [1.29, 1.82) is 0 Å². The lowest BCUT2D eigenvalue weighted by Gasteiger charge is -2.03. The Morgan fingerprint density at radius 2 is 2.11 bits per heavy atom. The number of rotatable bonds is 5. The number of carbonyl (C=O) groups excluding carboxylic acids is 1. The second kappa shape index (κ2) is 5.13. The number of H-pyrrole nitrogens is 1. The monoisotopic (exact) mass is 244 g/mol. The van der Waals surface area contributed by atoms with Crippen LogP contribution in [0.5, 0.6) is 5.75 Å². The minimum absolute atomic E-state index is 0.120. The van der Waals surface area contributed by atoms with Crippen LogP contribution in [0.4, 0.5) is 0 Å². The van der Waals surface area contributed by atoms with E-state index in [1.54, 1.807) is 30.3 Å². The number of ether oxygens (including phenoxy) is 1. The van der Waals surface area contributed by atoms with Crippen LogP contribution in [-0.4, -0.2) is 27.9 Å². The molecule has 0 radical (unpaired) electrons. The van der Waals surface area contributed by atoms with E-state index in [-0.39, 0.29) is 5.69 Å². The number of aromatic amines is 1. The van der Waals surface area contributed by atoms with E-state index in [4.69, 9.17) is 10.5 Å². The van der Waals surface area contributed by atoms with Crippen molar-refractivity contribution < 1.29 is 9.53 Å². The average Bonchev–Trinajstić information content (AvgIpc) is 2.86. The van der Waals surface area contributed by atoms with Crippen LogP contribution in [0, 0.1) is 0 Å². The fourth-order valence-corrected chi connectivity index (χ4v) is 1.47. The van der Waals surface area contributed by atoms with Gasteiger partial charge in [0.05, 0.1) is 0 Å². The SMILES string of the molecule is C=CCOc1ccc(-c2n[nH]nc2C(N)=O)cc1. The number of benzene rings is 1. The van der Waals surface area contributed by atoms with Gasteiger partial charge in [-0.25, -0.2) is 0 Å². The Hall–Kier alpha value is -2.63. The second-order valence-electron chi connectivity index (χ2n) is 3.51. The fraction of sp³-hybridized carbons (Fsp3) is 0.0833. The molecule has 1 aromatic heterocycles. The lowest BCUT2D eigenvalue weighted by atomic mass is 10.1. The predicted octanol–water partition coefficient (Wildman–Crippen LogP) is 1.14. The largest absolute Gasteiger partial charge is 0.490 e. The van der Waals surface area contributed by atoms with E-state index in [0.717, 1.165) is 5.56 Å². The summed E-state index contributed by atoms with van der Waals surface area (Å²) >= 11 is 0. The smallest absolute Gasteiger partial charge is 0.271 e. The second-order valence-corrected chi connectivity index (χ2v) is 3.51. The zero-order valence-corrected chi connectivity index (χ0v) is 9.59. The van der Waals surface area contributed by atoms with Gasteiger partial charge in [-0.05, 0) is 24.3 Å². The van der Waals surface area contributed by atoms with E-state index >= 15 is 0 Å². The summed E-state index contributed by atoms with van der Waals surface area (Å²) in [4.78, 5) is 11.1. The van der Waals surface area contributed by atoms with E-state index in [2.05, 4.69) is 22.0 Å². The van der Waals surface area contributed by atoms with Crippen LogP contribution in [0.25, 0.3) is 11.3 Å². The van der Waals surface area contributed by atoms with Gasteiger partial charge in [0.2, 0.25) is 0 Å². The van der Waals surface area contributed by atoms with Gasteiger partial charge in [-0.1, -0.05) is 12.7 Å². The molecule has 1 aromatic carbocycles. The summed E-state index contributed by atoms with van der Waals surface area (Å²) in [7, 11) is 0. The van der Waals surface area contributed by atoms with Gasteiger partial charge in [0.15, 0.2) is 5.69 Å². The molecule has 2 aromatic rings. The zero-order valence-electron chi connectivity index (χ0n) is 9.59. The summed E-state index contributed by atoms with van der Waals surface area (Å²) in [6.45, 7) is 4.01. The molecule has 0 aliphatic rings. The molecule has 2 rings (SSSR count). The number of amides is 1. The highest BCUT2D eigenvalue weighted by atomic mass is 16.5. The van der Waals surface area contributed by atoms with Crippen LogP contribution in [-0.2, 0) is 0 Å². The van der Waals surface area contributed by atoms with Gasteiger partial charge < -0.3 is 10.5 Å². The molecule has 0 aliphatic heterocycles. The first kappa shape index (κ1) is 11.8. The Balaban J connectivity index is 2.26. The average molecular weight is 244 g/mol. The van der Waals surface area contributed by atoms with Gasteiger partial charge in [-0.3, -0.25) is 4.79 Å². The summed E-state index contributed by atoms with van der Waals surface area (Å²) in [5.74, 6) is 0.0912. The predicted molar refractivity (Wildman–Crippen MR) is 66.0 cm³/mol. The Bertz CT molecular complexity index is 560. The first-order valence-electron chi connectivity index (χ1n) is 5.27. The topological polar surface area (TPSA) is 93.9 Å². The fourth-order valence-electron chi connectivity index (χ4n) is 1.47. The van der Waals surface area contributed by atoms with Gasteiger partial charge in [0, 0.05) is 5.56 Å². The third kappa shape index (κ3) is 2.37. The summed E-state index contributed by atoms with van der Waals surface area (Å²) in [5, 5.41) is 10.00. The minimum atomic E-state index is -0.620. The van der Waals surface area contributed by atoms with E-state index in [0.29, 0.717) is 18.1 Å². The number of hydrogen-bond donors (Lipinski definition) is 2. The third-order valence-corrected chi connectivity index (χ3v) is 2.28. The van der Waals surface area contributed by atoms with Gasteiger partial charge >= 0.3 is 0 Å². The van der Waals surface area contributed by atoms with Crippen LogP contribution >= 0.6 is 0 Å². The van der Waals surface area contributed by atoms with E-state index < -0.39 is 5.91 Å². The van der Waals surface area contributed by atoms with Crippen LogP contribution in [0.15, 0.2) is 36.9 Å².